The zero-order chi connectivity index (χ0) is 14.4. The summed E-state index contributed by atoms with van der Waals surface area (Å²) >= 11 is 0. The second kappa shape index (κ2) is 6.42. The van der Waals surface area contributed by atoms with E-state index in [0.29, 0.717) is 5.76 Å². The highest BCUT2D eigenvalue weighted by Gasteiger charge is 2.22. The minimum Gasteiger partial charge on any atom is -0.468 e. The zero-order valence-corrected chi connectivity index (χ0v) is 11.7. The van der Waals surface area contributed by atoms with Gasteiger partial charge >= 0.3 is 0 Å². The third kappa shape index (κ3) is 3.73. The summed E-state index contributed by atoms with van der Waals surface area (Å²) in [6.45, 7) is 0.169. The number of nitrogens with zero attached hydrogens (tertiary/aromatic N) is 1. The molecule has 1 aromatic carbocycles. The first kappa shape index (κ1) is 14.4. The quantitative estimate of drug-likeness (QED) is 0.766. The summed E-state index contributed by atoms with van der Waals surface area (Å²) in [6.07, 6.45) is 6.77. The molecule has 1 aromatic heterocycles. The van der Waals surface area contributed by atoms with Crippen LogP contribution in [0.25, 0.3) is 0 Å². The molecule has 0 radical (unpaired) electrons. The highest BCUT2D eigenvalue weighted by molar-refractivity contribution is 7.88. The number of sulfonamides is 1. The molecule has 0 aliphatic carbocycles. The van der Waals surface area contributed by atoms with E-state index in [4.69, 9.17) is 10.8 Å². The van der Waals surface area contributed by atoms with Crippen LogP contribution in [0.5, 0.6) is 0 Å². The number of hydrogen-bond donors (Lipinski definition) is 0. The first-order valence-corrected chi connectivity index (χ1v) is 7.70. The topological polar surface area (TPSA) is 50.5 Å². The van der Waals surface area contributed by atoms with Gasteiger partial charge in [-0.25, -0.2) is 8.42 Å². The molecule has 2 aromatic rings. The van der Waals surface area contributed by atoms with Gasteiger partial charge in [-0.3, -0.25) is 0 Å². The first-order chi connectivity index (χ1) is 9.62. The van der Waals surface area contributed by atoms with Crippen molar-refractivity contribution < 1.29 is 12.8 Å². The molecule has 20 heavy (non-hydrogen) atoms. The van der Waals surface area contributed by atoms with Crippen molar-refractivity contribution in [1.29, 1.82) is 0 Å². The second-order valence-corrected chi connectivity index (χ2v) is 6.26. The van der Waals surface area contributed by atoms with Gasteiger partial charge in [-0.05, 0) is 17.7 Å². The van der Waals surface area contributed by atoms with Crippen molar-refractivity contribution in [2.45, 2.75) is 12.3 Å². The molecule has 1 heterocycles. The van der Waals surface area contributed by atoms with Crippen molar-refractivity contribution in [1.82, 2.24) is 4.31 Å². The molecular weight excluding hydrogens is 274 g/mol. The smallest absolute Gasteiger partial charge is 0.219 e. The molecule has 0 N–H and O–H groups in total. The van der Waals surface area contributed by atoms with Gasteiger partial charge in [-0.15, -0.1) is 6.42 Å². The fourth-order valence-corrected chi connectivity index (χ4v) is 3.20. The Bertz CT molecular complexity index is 670. The fourth-order valence-electron chi connectivity index (χ4n) is 1.81. The summed E-state index contributed by atoms with van der Waals surface area (Å²) < 4.78 is 31.2. The predicted molar refractivity (Wildman–Crippen MR) is 77.0 cm³/mol. The van der Waals surface area contributed by atoms with Crippen LogP contribution in [0.15, 0.2) is 53.1 Å². The normalized spacial score (nSPS) is 11.4. The van der Waals surface area contributed by atoms with Crippen LogP contribution in [0.3, 0.4) is 0 Å². The van der Waals surface area contributed by atoms with Gasteiger partial charge < -0.3 is 4.42 Å². The Balaban J connectivity index is 2.17. The Morgan fingerprint density at radius 1 is 1.15 bits per heavy atom. The Morgan fingerprint density at radius 3 is 2.50 bits per heavy atom. The van der Waals surface area contributed by atoms with E-state index in [-0.39, 0.29) is 18.8 Å². The van der Waals surface area contributed by atoms with E-state index in [2.05, 4.69) is 5.92 Å². The molecule has 0 spiro atoms. The number of rotatable bonds is 6. The van der Waals surface area contributed by atoms with E-state index in [1.54, 1.807) is 24.3 Å². The minimum atomic E-state index is -3.48. The molecular formula is C15H15NO3S. The van der Waals surface area contributed by atoms with Crippen LogP contribution in [0.4, 0.5) is 0 Å². The standard InChI is InChI=1S/C15H15NO3S/c1-2-10-16(12-15-9-6-11-19-15)20(17,18)13-14-7-4-3-5-8-14/h1,3-9,11H,10,12-13H2. The Kier molecular flexibility index (Phi) is 4.61. The number of benzene rings is 1. The molecule has 0 fully saturated rings. The van der Waals surface area contributed by atoms with Gasteiger partial charge in [0.2, 0.25) is 10.0 Å². The van der Waals surface area contributed by atoms with Crippen LogP contribution >= 0.6 is 0 Å². The van der Waals surface area contributed by atoms with Gasteiger partial charge in [0.15, 0.2) is 0 Å². The summed E-state index contributed by atoms with van der Waals surface area (Å²) in [5.41, 5.74) is 0.731. The monoisotopic (exact) mass is 289 g/mol. The SMILES string of the molecule is C#CCN(Cc1ccco1)S(=O)(=O)Cc1ccccc1. The predicted octanol–water partition coefficient (Wildman–Crippen LogP) is 2.24. The molecule has 4 nitrogen and oxygen atoms in total. The number of furan rings is 1. The minimum absolute atomic E-state index is 0.0237. The van der Waals surface area contributed by atoms with Crippen molar-refractivity contribution >= 4 is 10.0 Å². The largest absolute Gasteiger partial charge is 0.468 e. The van der Waals surface area contributed by atoms with Gasteiger partial charge in [0, 0.05) is 0 Å². The lowest BCUT2D eigenvalue weighted by molar-refractivity contribution is 0.389. The highest BCUT2D eigenvalue weighted by atomic mass is 32.2. The van der Waals surface area contributed by atoms with E-state index in [0.717, 1.165) is 5.56 Å². The number of hydrogen-bond acceptors (Lipinski definition) is 3. The lowest BCUT2D eigenvalue weighted by Crippen LogP contribution is -2.32. The highest BCUT2D eigenvalue weighted by Crippen LogP contribution is 2.14. The fraction of sp³-hybridized carbons (Fsp3) is 0.200. The van der Waals surface area contributed by atoms with E-state index in [1.165, 1.54) is 10.6 Å². The summed E-state index contributed by atoms with van der Waals surface area (Å²) in [4.78, 5) is 0. The molecule has 0 bridgehead atoms. The second-order valence-electron chi connectivity index (χ2n) is 4.29. The first-order valence-electron chi connectivity index (χ1n) is 6.09. The van der Waals surface area contributed by atoms with Crippen LogP contribution in [0.1, 0.15) is 11.3 Å². The average molecular weight is 289 g/mol. The molecule has 0 saturated heterocycles. The summed E-state index contributed by atoms with van der Waals surface area (Å²) in [6, 6.07) is 12.5. The van der Waals surface area contributed by atoms with Crippen molar-refractivity contribution in [2.75, 3.05) is 6.54 Å². The van der Waals surface area contributed by atoms with Crippen LogP contribution in [-0.2, 0) is 22.3 Å². The van der Waals surface area contributed by atoms with E-state index in [1.807, 2.05) is 18.2 Å². The van der Waals surface area contributed by atoms with Gasteiger partial charge in [0.1, 0.15) is 5.76 Å². The molecule has 2 rings (SSSR count). The molecule has 0 unspecified atom stereocenters. The summed E-state index contributed by atoms with van der Waals surface area (Å²) in [7, 11) is -3.48. The maximum Gasteiger partial charge on any atom is 0.219 e. The maximum atomic E-state index is 12.4. The van der Waals surface area contributed by atoms with Crippen LogP contribution in [0, 0.1) is 12.3 Å². The lowest BCUT2D eigenvalue weighted by atomic mass is 10.2. The van der Waals surface area contributed by atoms with Gasteiger partial charge in [-0.1, -0.05) is 36.3 Å². The average Bonchev–Trinajstić information content (AvgIpc) is 2.92. The van der Waals surface area contributed by atoms with Gasteiger partial charge in [-0.2, -0.15) is 4.31 Å². The van der Waals surface area contributed by atoms with Crippen molar-refractivity contribution in [2.24, 2.45) is 0 Å². The number of terminal acetylenes is 1. The third-order valence-corrected chi connectivity index (χ3v) is 4.51. The van der Waals surface area contributed by atoms with Crippen molar-refractivity contribution in [3.05, 3.63) is 60.1 Å². The van der Waals surface area contributed by atoms with E-state index < -0.39 is 10.0 Å². The van der Waals surface area contributed by atoms with E-state index >= 15 is 0 Å². The van der Waals surface area contributed by atoms with Crippen molar-refractivity contribution in [3.8, 4) is 12.3 Å². The van der Waals surface area contributed by atoms with Crippen LogP contribution in [-0.4, -0.2) is 19.3 Å². The van der Waals surface area contributed by atoms with Crippen molar-refractivity contribution in [3.63, 3.8) is 0 Å². The van der Waals surface area contributed by atoms with E-state index in [9.17, 15) is 8.42 Å². The molecule has 0 saturated carbocycles. The molecule has 0 amide bonds. The lowest BCUT2D eigenvalue weighted by Gasteiger charge is -2.18. The van der Waals surface area contributed by atoms with Gasteiger partial charge in [0.25, 0.3) is 0 Å². The molecule has 0 aliphatic rings. The van der Waals surface area contributed by atoms with Crippen LogP contribution in [0.2, 0.25) is 0 Å². The Labute approximate surface area is 119 Å². The zero-order valence-electron chi connectivity index (χ0n) is 10.9. The Hall–Kier alpha value is -2.03. The molecule has 104 valence electrons. The Morgan fingerprint density at radius 2 is 1.90 bits per heavy atom. The maximum absolute atomic E-state index is 12.4. The summed E-state index contributed by atoms with van der Waals surface area (Å²) in [5, 5.41) is 0. The molecule has 0 atom stereocenters. The third-order valence-electron chi connectivity index (χ3n) is 2.77. The summed E-state index contributed by atoms with van der Waals surface area (Å²) in [5.74, 6) is 2.87. The van der Waals surface area contributed by atoms with Crippen LogP contribution < -0.4 is 0 Å². The molecule has 0 aliphatic heterocycles. The van der Waals surface area contributed by atoms with Gasteiger partial charge in [0.05, 0.1) is 25.1 Å². The molecule has 5 heteroatoms.